The summed E-state index contributed by atoms with van der Waals surface area (Å²) in [6.07, 6.45) is 5.19. The summed E-state index contributed by atoms with van der Waals surface area (Å²) >= 11 is 0. The molecule has 1 unspecified atom stereocenters. The van der Waals surface area contributed by atoms with E-state index < -0.39 is 0 Å². The Bertz CT molecular complexity index is 410. The van der Waals surface area contributed by atoms with Crippen molar-refractivity contribution >= 4 is 0 Å². The van der Waals surface area contributed by atoms with Gasteiger partial charge in [0.25, 0.3) is 0 Å². The number of hydrogen-bond acceptors (Lipinski definition) is 3. The van der Waals surface area contributed by atoms with Gasteiger partial charge in [-0.15, -0.1) is 0 Å². The Morgan fingerprint density at radius 2 is 1.72 bits per heavy atom. The average molecular weight is 250 g/mol. The molecule has 0 radical (unpaired) electrons. The molecule has 1 atom stereocenters. The van der Waals surface area contributed by atoms with Gasteiger partial charge < -0.3 is 14.2 Å². The molecule has 1 rings (SSSR count). The molecule has 0 aliphatic heterocycles. The van der Waals surface area contributed by atoms with E-state index in [1.54, 1.807) is 21.3 Å². The maximum atomic E-state index is 5.48. The second-order valence-corrected chi connectivity index (χ2v) is 4.13. The van der Waals surface area contributed by atoms with Crippen LogP contribution in [0, 0.1) is 0 Å². The minimum Gasteiger partial charge on any atom is -0.493 e. The zero-order valence-electron chi connectivity index (χ0n) is 11.8. The van der Waals surface area contributed by atoms with E-state index in [0.29, 0.717) is 17.4 Å². The van der Waals surface area contributed by atoms with Crippen LogP contribution >= 0.6 is 0 Å². The third-order valence-corrected chi connectivity index (χ3v) is 2.99. The van der Waals surface area contributed by atoms with Gasteiger partial charge in [-0.25, -0.2) is 0 Å². The Labute approximate surface area is 109 Å². The van der Waals surface area contributed by atoms with Gasteiger partial charge in [0.05, 0.1) is 21.3 Å². The molecule has 0 N–H and O–H groups in total. The molecule has 0 saturated heterocycles. The minimum atomic E-state index is 0.371. The predicted molar refractivity (Wildman–Crippen MR) is 73.9 cm³/mol. The largest absolute Gasteiger partial charge is 0.493 e. The lowest BCUT2D eigenvalue weighted by atomic mass is 9.96. The van der Waals surface area contributed by atoms with E-state index in [-0.39, 0.29) is 0 Å². The Morgan fingerprint density at radius 1 is 1.06 bits per heavy atom. The molecule has 0 aliphatic rings. The first kappa shape index (κ1) is 14.4. The highest BCUT2D eigenvalue weighted by molar-refractivity contribution is 5.56. The molecule has 0 aromatic heterocycles. The topological polar surface area (TPSA) is 27.7 Å². The number of allylic oxidation sites excluding steroid dienone is 2. The normalized spacial score (nSPS) is 12.5. The Morgan fingerprint density at radius 3 is 2.22 bits per heavy atom. The Hall–Kier alpha value is -1.64. The zero-order valence-corrected chi connectivity index (χ0v) is 11.8. The van der Waals surface area contributed by atoms with E-state index in [0.717, 1.165) is 17.7 Å². The SMILES string of the molecule is C/C=C\CC(C)c1ccc(OC)c(OC)c1OC. The lowest BCUT2D eigenvalue weighted by Gasteiger charge is -2.18. The number of benzene rings is 1. The average Bonchev–Trinajstić information content (AvgIpc) is 2.42. The molecular weight excluding hydrogens is 228 g/mol. The van der Waals surface area contributed by atoms with E-state index in [2.05, 4.69) is 19.1 Å². The monoisotopic (exact) mass is 250 g/mol. The fourth-order valence-corrected chi connectivity index (χ4v) is 1.98. The fraction of sp³-hybridized carbons (Fsp3) is 0.467. The molecular formula is C15H22O3. The lowest BCUT2D eigenvalue weighted by Crippen LogP contribution is -2.01. The van der Waals surface area contributed by atoms with Crippen LogP contribution in [0.5, 0.6) is 17.2 Å². The third kappa shape index (κ3) is 2.97. The first-order valence-electron chi connectivity index (χ1n) is 6.09. The number of rotatable bonds is 6. The van der Waals surface area contributed by atoms with Crippen LogP contribution in [-0.4, -0.2) is 21.3 Å². The van der Waals surface area contributed by atoms with Gasteiger partial charge >= 0.3 is 0 Å². The number of hydrogen-bond donors (Lipinski definition) is 0. The lowest BCUT2D eigenvalue weighted by molar-refractivity contribution is 0.321. The quantitative estimate of drug-likeness (QED) is 0.719. The van der Waals surface area contributed by atoms with Crippen LogP contribution in [0.2, 0.25) is 0 Å². The van der Waals surface area contributed by atoms with E-state index in [9.17, 15) is 0 Å². The predicted octanol–water partition coefficient (Wildman–Crippen LogP) is 3.78. The van der Waals surface area contributed by atoms with Crippen LogP contribution < -0.4 is 14.2 Å². The van der Waals surface area contributed by atoms with Crippen molar-refractivity contribution in [1.82, 2.24) is 0 Å². The van der Waals surface area contributed by atoms with Crippen LogP contribution in [0.1, 0.15) is 31.7 Å². The second kappa shape index (κ2) is 6.94. The highest BCUT2D eigenvalue weighted by Crippen LogP contribution is 2.43. The second-order valence-electron chi connectivity index (χ2n) is 4.13. The van der Waals surface area contributed by atoms with Crippen LogP contribution in [-0.2, 0) is 0 Å². The maximum absolute atomic E-state index is 5.48. The fourth-order valence-electron chi connectivity index (χ4n) is 1.98. The molecule has 0 amide bonds. The molecule has 18 heavy (non-hydrogen) atoms. The summed E-state index contributed by atoms with van der Waals surface area (Å²) in [6.45, 7) is 4.20. The van der Waals surface area contributed by atoms with Crippen molar-refractivity contribution in [1.29, 1.82) is 0 Å². The van der Waals surface area contributed by atoms with Gasteiger partial charge in [-0.1, -0.05) is 25.1 Å². The van der Waals surface area contributed by atoms with Gasteiger partial charge in [0.2, 0.25) is 5.75 Å². The molecule has 0 spiro atoms. The van der Waals surface area contributed by atoms with Gasteiger partial charge in [-0.05, 0) is 25.3 Å². The van der Waals surface area contributed by atoms with Gasteiger partial charge in [0.15, 0.2) is 11.5 Å². The Kier molecular flexibility index (Phi) is 5.56. The first-order valence-corrected chi connectivity index (χ1v) is 6.09. The van der Waals surface area contributed by atoms with Crippen LogP contribution in [0.25, 0.3) is 0 Å². The molecule has 0 heterocycles. The van der Waals surface area contributed by atoms with Crippen molar-refractivity contribution in [2.45, 2.75) is 26.2 Å². The minimum absolute atomic E-state index is 0.371. The van der Waals surface area contributed by atoms with E-state index >= 15 is 0 Å². The summed E-state index contributed by atoms with van der Waals surface area (Å²) in [4.78, 5) is 0. The van der Waals surface area contributed by atoms with Crippen molar-refractivity contribution in [2.24, 2.45) is 0 Å². The summed E-state index contributed by atoms with van der Waals surface area (Å²) in [6, 6.07) is 3.96. The smallest absolute Gasteiger partial charge is 0.203 e. The number of methoxy groups -OCH3 is 3. The molecule has 0 saturated carbocycles. The van der Waals surface area contributed by atoms with E-state index in [4.69, 9.17) is 14.2 Å². The first-order chi connectivity index (χ1) is 8.69. The van der Waals surface area contributed by atoms with Crippen molar-refractivity contribution in [3.05, 3.63) is 29.8 Å². The summed E-state index contributed by atoms with van der Waals surface area (Å²) in [7, 11) is 4.91. The van der Waals surface area contributed by atoms with Gasteiger partial charge in [0.1, 0.15) is 0 Å². The summed E-state index contributed by atoms with van der Waals surface area (Å²) < 4.78 is 16.1. The summed E-state index contributed by atoms with van der Waals surface area (Å²) in [5.74, 6) is 2.48. The number of ether oxygens (including phenoxy) is 3. The molecule has 1 aromatic rings. The molecule has 0 fully saturated rings. The van der Waals surface area contributed by atoms with Crippen LogP contribution in [0.15, 0.2) is 24.3 Å². The van der Waals surface area contributed by atoms with Crippen molar-refractivity contribution in [3.63, 3.8) is 0 Å². The van der Waals surface area contributed by atoms with Crippen LogP contribution in [0.4, 0.5) is 0 Å². The maximum Gasteiger partial charge on any atom is 0.203 e. The van der Waals surface area contributed by atoms with Gasteiger partial charge in [0, 0.05) is 5.56 Å². The molecule has 0 aliphatic carbocycles. The third-order valence-electron chi connectivity index (χ3n) is 2.99. The van der Waals surface area contributed by atoms with E-state index in [1.807, 2.05) is 19.1 Å². The highest BCUT2D eigenvalue weighted by Gasteiger charge is 2.18. The summed E-state index contributed by atoms with van der Waals surface area (Å²) in [5.41, 5.74) is 1.13. The van der Waals surface area contributed by atoms with Crippen molar-refractivity contribution < 1.29 is 14.2 Å². The standard InChI is InChI=1S/C15H22O3/c1-6-7-8-11(2)12-9-10-13(16-3)15(18-5)14(12)17-4/h6-7,9-11H,8H2,1-5H3/b7-6-. The van der Waals surface area contributed by atoms with Gasteiger partial charge in [-0.2, -0.15) is 0 Å². The zero-order chi connectivity index (χ0) is 13.5. The van der Waals surface area contributed by atoms with Crippen molar-refractivity contribution in [3.8, 4) is 17.2 Å². The van der Waals surface area contributed by atoms with E-state index in [1.165, 1.54) is 0 Å². The highest BCUT2D eigenvalue weighted by atomic mass is 16.5. The molecule has 0 bridgehead atoms. The Balaban J connectivity index is 3.19. The van der Waals surface area contributed by atoms with Gasteiger partial charge in [-0.3, -0.25) is 0 Å². The molecule has 3 heteroatoms. The molecule has 100 valence electrons. The van der Waals surface area contributed by atoms with Crippen LogP contribution in [0.3, 0.4) is 0 Å². The molecule has 1 aromatic carbocycles. The molecule has 3 nitrogen and oxygen atoms in total. The summed E-state index contributed by atoms with van der Waals surface area (Å²) in [5, 5.41) is 0. The van der Waals surface area contributed by atoms with Crippen molar-refractivity contribution in [2.75, 3.05) is 21.3 Å².